The van der Waals surface area contributed by atoms with Gasteiger partial charge in [0.15, 0.2) is 0 Å². The molecular formula is C19H20ClN3O4. The van der Waals surface area contributed by atoms with Gasteiger partial charge in [0, 0.05) is 10.7 Å². The van der Waals surface area contributed by atoms with Gasteiger partial charge in [-0.15, -0.1) is 0 Å². The first kappa shape index (κ1) is 20.3. The van der Waals surface area contributed by atoms with Gasteiger partial charge in [0.2, 0.25) is 5.91 Å². The standard InChI is InChI=1S/C19H20ClN3O4/c1-2-27-18(25)12-7-9-13(10-8-12)22-17(24)11-16(23-19(21)26)14-5-3-4-6-15(14)20/h3-10,16H,2,11H2,1H3,(H,22,24)(H3,21,23,26)/t16-/m0/s1. The van der Waals surface area contributed by atoms with E-state index in [4.69, 9.17) is 22.1 Å². The van der Waals surface area contributed by atoms with Crippen LogP contribution in [0.2, 0.25) is 5.02 Å². The first-order valence-electron chi connectivity index (χ1n) is 8.28. The number of primary amides is 1. The Morgan fingerprint density at radius 2 is 1.78 bits per heavy atom. The summed E-state index contributed by atoms with van der Waals surface area (Å²) in [6.45, 7) is 2.01. The third kappa shape index (κ3) is 6.00. The lowest BCUT2D eigenvalue weighted by atomic mass is 10.0. The number of hydrogen-bond acceptors (Lipinski definition) is 4. The summed E-state index contributed by atoms with van der Waals surface area (Å²) in [5, 5.41) is 5.65. The van der Waals surface area contributed by atoms with E-state index >= 15 is 0 Å². The topological polar surface area (TPSA) is 111 Å². The van der Waals surface area contributed by atoms with Gasteiger partial charge < -0.3 is 21.1 Å². The number of halogens is 1. The lowest BCUT2D eigenvalue weighted by Gasteiger charge is -2.19. The van der Waals surface area contributed by atoms with Crippen LogP contribution in [-0.4, -0.2) is 24.5 Å². The van der Waals surface area contributed by atoms with Crippen LogP contribution in [0.15, 0.2) is 48.5 Å². The van der Waals surface area contributed by atoms with Crippen molar-refractivity contribution in [3.8, 4) is 0 Å². The molecule has 142 valence electrons. The summed E-state index contributed by atoms with van der Waals surface area (Å²) < 4.78 is 4.91. The molecule has 0 aromatic heterocycles. The molecule has 0 aliphatic heterocycles. The number of nitrogens with one attached hydrogen (secondary N) is 2. The van der Waals surface area contributed by atoms with Gasteiger partial charge in [-0.1, -0.05) is 29.8 Å². The summed E-state index contributed by atoms with van der Waals surface area (Å²) in [5.41, 5.74) is 6.69. The van der Waals surface area contributed by atoms with E-state index in [1.165, 1.54) is 0 Å². The molecule has 27 heavy (non-hydrogen) atoms. The fourth-order valence-corrected chi connectivity index (χ4v) is 2.74. The molecule has 4 N–H and O–H groups in total. The molecule has 0 saturated heterocycles. The highest BCUT2D eigenvalue weighted by atomic mass is 35.5. The molecule has 0 aliphatic carbocycles. The number of amides is 3. The largest absolute Gasteiger partial charge is 0.462 e. The zero-order chi connectivity index (χ0) is 19.8. The number of esters is 1. The van der Waals surface area contributed by atoms with Gasteiger partial charge in [0.25, 0.3) is 0 Å². The first-order valence-corrected chi connectivity index (χ1v) is 8.66. The maximum atomic E-state index is 12.4. The second-order valence-electron chi connectivity index (χ2n) is 5.63. The second kappa shape index (κ2) is 9.59. The van der Waals surface area contributed by atoms with Crippen molar-refractivity contribution >= 4 is 35.2 Å². The van der Waals surface area contributed by atoms with Gasteiger partial charge in [-0.25, -0.2) is 9.59 Å². The van der Waals surface area contributed by atoms with Gasteiger partial charge in [-0.05, 0) is 42.8 Å². The van der Waals surface area contributed by atoms with Crippen LogP contribution in [0.5, 0.6) is 0 Å². The Bertz CT molecular complexity index is 824. The monoisotopic (exact) mass is 389 g/mol. The van der Waals surface area contributed by atoms with E-state index < -0.39 is 18.0 Å². The van der Waals surface area contributed by atoms with Crippen LogP contribution < -0.4 is 16.4 Å². The summed E-state index contributed by atoms with van der Waals surface area (Å²) in [6.07, 6.45) is -0.0632. The third-order valence-electron chi connectivity index (χ3n) is 3.67. The van der Waals surface area contributed by atoms with E-state index in [1.807, 2.05) is 0 Å². The zero-order valence-corrected chi connectivity index (χ0v) is 15.5. The number of hydrogen-bond donors (Lipinski definition) is 3. The highest BCUT2D eigenvalue weighted by molar-refractivity contribution is 6.31. The molecule has 0 fully saturated rings. The number of anilines is 1. The van der Waals surface area contributed by atoms with Crippen molar-refractivity contribution in [3.05, 3.63) is 64.7 Å². The first-order chi connectivity index (χ1) is 12.9. The highest BCUT2D eigenvalue weighted by Crippen LogP contribution is 2.25. The number of rotatable bonds is 7. The van der Waals surface area contributed by atoms with Crippen molar-refractivity contribution in [2.75, 3.05) is 11.9 Å². The fraction of sp³-hybridized carbons (Fsp3) is 0.211. The average Bonchev–Trinajstić information content (AvgIpc) is 2.62. The van der Waals surface area contributed by atoms with Crippen molar-refractivity contribution in [2.45, 2.75) is 19.4 Å². The summed E-state index contributed by atoms with van der Waals surface area (Å²) in [6, 6.07) is 11.7. The van der Waals surface area contributed by atoms with Crippen molar-refractivity contribution < 1.29 is 19.1 Å². The van der Waals surface area contributed by atoms with Crippen molar-refractivity contribution in [1.82, 2.24) is 5.32 Å². The molecule has 0 radical (unpaired) electrons. The minimum Gasteiger partial charge on any atom is -0.462 e. The molecule has 8 heteroatoms. The molecule has 2 rings (SSSR count). The normalized spacial score (nSPS) is 11.3. The SMILES string of the molecule is CCOC(=O)c1ccc(NC(=O)C[C@H](NC(N)=O)c2ccccc2Cl)cc1. The molecular weight excluding hydrogens is 370 g/mol. The molecule has 0 saturated carbocycles. The van der Waals surface area contributed by atoms with E-state index in [9.17, 15) is 14.4 Å². The Hall–Kier alpha value is -3.06. The van der Waals surface area contributed by atoms with E-state index in [0.29, 0.717) is 21.8 Å². The number of carbonyl (C=O) groups is 3. The molecule has 3 amide bonds. The van der Waals surface area contributed by atoms with Crippen LogP contribution >= 0.6 is 11.6 Å². The number of benzene rings is 2. The minimum absolute atomic E-state index is 0.0632. The van der Waals surface area contributed by atoms with Crippen molar-refractivity contribution in [3.63, 3.8) is 0 Å². The lowest BCUT2D eigenvalue weighted by Crippen LogP contribution is -2.35. The molecule has 0 aliphatic rings. The van der Waals surface area contributed by atoms with E-state index in [1.54, 1.807) is 55.5 Å². The average molecular weight is 390 g/mol. The molecule has 0 heterocycles. The Balaban J connectivity index is 2.06. The maximum Gasteiger partial charge on any atom is 0.338 e. The number of carbonyl (C=O) groups excluding carboxylic acids is 3. The maximum absolute atomic E-state index is 12.4. The Morgan fingerprint density at radius 1 is 1.11 bits per heavy atom. The summed E-state index contributed by atoms with van der Waals surface area (Å²) >= 11 is 6.15. The van der Waals surface area contributed by atoms with Gasteiger partial charge in [0.05, 0.1) is 24.6 Å². The molecule has 1 atom stereocenters. The predicted octanol–water partition coefficient (Wildman–Crippen LogP) is 3.25. The molecule has 2 aromatic rings. The lowest BCUT2D eigenvalue weighted by molar-refractivity contribution is -0.116. The smallest absolute Gasteiger partial charge is 0.338 e. The van der Waals surface area contributed by atoms with Crippen LogP contribution in [0.1, 0.15) is 35.3 Å². The number of urea groups is 1. The molecule has 0 spiro atoms. The third-order valence-corrected chi connectivity index (χ3v) is 4.01. The Kier molecular flexibility index (Phi) is 7.19. The molecule has 7 nitrogen and oxygen atoms in total. The van der Waals surface area contributed by atoms with Crippen LogP contribution in [0.25, 0.3) is 0 Å². The zero-order valence-electron chi connectivity index (χ0n) is 14.7. The summed E-state index contributed by atoms with van der Waals surface area (Å²) in [4.78, 5) is 35.3. The van der Waals surface area contributed by atoms with Crippen LogP contribution in [0, 0.1) is 0 Å². The van der Waals surface area contributed by atoms with Crippen molar-refractivity contribution in [1.29, 1.82) is 0 Å². The summed E-state index contributed by atoms with van der Waals surface area (Å²) in [7, 11) is 0. The van der Waals surface area contributed by atoms with Gasteiger partial charge in [0.1, 0.15) is 0 Å². The predicted molar refractivity (Wildman–Crippen MR) is 103 cm³/mol. The molecule has 0 bridgehead atoms. The second-order valence-corrected chi connectivity index (χ2v) is 6.04. The van der Waals surface area contributed by atoms with Gasteiger partial charge in [-0.2, -0.15) is 0 Å². The summed E-state index contributed by atoms with van der Waals surface area (Å²) in [5.74, 6) is -0.780. The Morgan fingerprint density at radius 3 is 2.37 bits per heavy atom. The quantitative estimate of drug-likeness (QED) is 0.631. The van der Waals surface area contributed by atoms with Crippen LogP contribution in [0.3, 0.4) is 0 Å². The van der Waals surface area contributed by atoms with Crippen LogP contribution in [-0.2, 0) is 9.53 Å². The van der Waals surface area contributed by atoms with Crippen molar-refractivity contribution in [2.24, 2.45) is 5.73 Å². The molecule has 0 unspecified atom stereocenters. The van der Waals surface area contributed by atoms with Gasteiger partial charge in [-0.3, -0.25) is 4.79 Å². The number of nitrogens with two attached hydrogens (primary N) is 1. The van der Waals surface area contributed by atoms with Gasteiger partial charge >= 0.3 is 12.0 Å². The molecule has 2 aromatic carbocycles. The van der Waals surface area contributed by atoms with E-state index in [0.717, 1.165) is 0 Å². The van der Waals surface area contributed by atoms with E-state index in [2.05, 4.69) is 10.6 Å². The highest BCUT2D eigenvalue weighted by Gasteiger charge is 2.20. The Labute approximate surface area is 161 Å². The number of ether oxygens (including phenoxy) is 1. The fourth-order valence-electron chi connectivity index (χ4n) is 2.47. The van der Waals surface area contributed by atoms with E-state index in [-0.39, 0.29) is 18.9 Å². The minimum atomic E-state index is -0.758. The van der Waals surface area contributed by atoms with Crippen LogP contribution in [0.4, 0.5) is 10.5 Å².